The van der Waals surface area contributed by atoms with Gasteiger partial charge in [-0.05, 0) is 74.4 Å². The third-order valence-corrected chi connectivity index (χ3v) is 6.31. The summed E-state index contributed by atoms with van der Waals surface area (Å²) < 4.78 is 22.0. The SMILES string of the molecule is COc1ccc(/C(O)=C2\C(=O)C(=O)N(c3ccc4c(c3)OCO4)C2c2ccc(OC(C)C)cc2)cc1C. The van der Waals surface area contributed by atoms with E-state index < -0.39 is 17.7 Å². The fraction of sp³-hybridized carbons (Fsp3) is 0.241. The molecule has 0 bridgehead atoms. The number of rotatable bonds is 6. The van der Waals surface area contributed by atoms with E-state index in [1.165, 1.54) is 4.90 Å². The van der Waals surface area contributed by atoms with Crippen LogP contribution in [0.4, 0.5) is 5.69 Å². The van der Waals surface area contributed by atoms with Crippen LogP contribution in [0.5, 0.6) is 23.0 Å². The Morgan fingerprint density at radius 1 is 1.00 bits per heavy atom. The minimum Gasteiger partial charge on any atom is -0.507 e. The molecule has 5 rings (SSSR count). The van der Waals surface area contributed by atoms with Gasteiger partial charge >= 0.3 is 0 Å². The van der Waals surface area contributed by atoms with Gasteiger partial charge in [-0.25, -0.2) is 0 Å². The highest BCUT2D eigenvalue weighted by molar-refractivity contribution is 6.51. The average Bonchev–Trinajstić information content (AvgIpc) is 3.45. The maximum Gasteiger partial charge on any atom is 0.300 e. The van der Waals surface area contributed by atoms with E-state index in [9.17, 15) is 14.7 Å². The van der Waals surface area contributed by atoms with Crippen molar-refractivity contribution >= 4 is 23.1 Å². The van der Waals surface area contributed by atoms with Gasteiger partial charge < -0.3 is 24.1 Å². The average molecular weight is 502 g/mol. The zero-order valence-electron chi connectivity index (χ0n) is 21.0. The zero-order valence-corrected chi connectivity index (χ0v) is 21.0. The maximum atomic E-state index is 13.4. The predicted molar refractivity (Wildman–Crippen MR) is 137 cm³/mol. The summed E-state index contributed by atoms with van der Waals surface area (Å²) >= 11 is 0. The fourth-order valence-electron chi connectivity index (χ4n) is 4.63. The van der Waals surface area contributed by atoms with Gasteiger partial charge in [-0.15, -0.1) is 0 Å². The molecule has 3 aromatic carbocycles. The molecular weight excluding hydrogens is 474 g/mol. The molecule has 2 heterocycles. The second-order valence-corrected chi connectivity index (χ2v) is 9.13. The number of hydrogen-bond acceptors (Lipinski definition) is 7. The van der Waals surface area contributed by atoms with Crippen LogP contribution in [0, 0.1) is 6.92 Å². The van der Waals surface area contributed by atoms with Crippen LogP contribution >= 0.6 is 0 Å². The molecule has 2 aliphatic rings. The number of hydrogen-bond donors (Lipinski definition) is 1. The summed E-state index contributed by atoms with van der Waals surface area (Å²) in [5.74, 6) is 0.541. The smallest absolute Gasteiger partial charge is 0.300 e. The van der Waals surface area contributed by atoms with Crippen molar-refractivity contribution in [2.24, 2.45) is 0 Å². The normalized spacial score (nSPS) is 18.0. The first kappa shape index (κ1) is 24.2. The number of fused-ring (bicyclic) bond motifs is 1. The van der Waals surface area contributed by atoms with Crippen LogP contribution in [0.25, 0.3) is 5.76 Å². The second kappa shape index (κ2) is 9.54. The molecule has 1 saturated heterocycles. The van der Waals surface area contributed by atoms with Crippen LogP contribution in [0.2, 0.25) is 0 Å². The van der Waals surface area contributed by atoms with Crippen molar-refractivity contribution in [1.82, 2.24) is 0 Å². The van der Waals surface area contributed by atoms with Crippen LogP contribution in [-0.4, -0.2) is 36.8 Å². The largest absolute Gasteiger partial charge is 0.507 e. The van der Waals surface area contributed by atoms with Gasteiger partial charge in [-0.2, -0.15) is 0 Å². The van der Waals surface area contributed by atoms with Crippen LogP contribution < -0.4 is 23.8 Å². The van der Waals surface area contributed by atoms with Gasteiger partial charge in [-0.1, -0.05) is 12.1 Å². The van der Waals surface area contributed by atoms with Crippen LogP contribution in [0.3, 0.4) is 0 Å². The molecule has 0 saturated carbocycles. The Morgan fingerprint density at radius 2 is 1.73 bits per heavy atom. The van der Waals surface area contributed by atoms with Gasteiger partial charge in [0.2, 0.25) is 6.79 Å². The zero-order chi connectivity index (χ0) is 26.3. The van der Waals surface area contributed by atoms with Crippen LogP contribution in [-0.2, 0) is 9.59 Å². The lowest BCUT2D eigenvalue weighted by Gasteiger charge is -2.26. The molecule has 0 spiro atoms. The van der Waals surface area contributed by atoms with Gasteiger partial charge in [0.05, 0.1) is 24.8 Å². The molecule has 190 valence electrons. The Morgan fingerprint density at radius 3 is 2.41 bits per heavy atom. The van der Waals surface area contributed by atoms with Crippen molar-refractivity contribution in [2.75, 3.05) is 18.8 Å². The molecule has 1 atom stereocenters. The number of benzene rings is 3. The van der Waals surface area contributed by atoms with Gasteiger partial charge in [0.15, 0.2) is 11.5 Å². The molecule has 1 amide bonds. The summed E-state index contributed by atoms with van der Waals surface area (Å²) in [6.45, 7) is 5.78. The molecule has 0 aliphatic carbocycles. The Bertz CT molecular complexity index is 1410. The van der Waals surface area contributed by atoms with E-state index in [0.717, 1.165) is 5.56 Å². The third kappa shape index (κ3) is 4.35. The fourth-order valence-corrected chi connectivity index (χ4v) is 4.63. The summed E-state index contributed by atoms with van der Waals surface area (Å²) in [6, 6.07) is 16.4. The number of carbonyl (C=O) groups excluding carboxylic acids is 2. The third-order valence-electron chi connectivity index (χ3n) is 6.31. The summed E-state index contributed by atoms with van der Waals surface area (Å²) in [5, 5.41) is 11.4. The van der Waals surface area contributed by atoms with Crippen molar-refractivity contribution in [3.63, 3.8) is 0 Å². The lowest BCUT2D eigenvalue weighted by Crippen LogP contribution is -2.29. The van der Waals surface area contributed by atoms with Crippen molar-refractivity contribution in [3.8, 4) is 23.0 Å². The van der Waals surface area contributed by atoms with Crippen molar-refractivity contribution in [3.05, 3.63) is 82.9 Å². The monoisotopic (exact) mass is 501 g/mol. The molecule has 0 aromatic heterocycles. The van der Waals surface area contributed by atoms with Crippen LogP contribution in [0.15, 0.2) is 66.2 Å². The Labute approximate surface area is 214 Å². The molecule has 8 nitrogen and oxygen atoms in total. The number of ketones is 1. The van der Waals surface area contributed by atoms with E-state index in [0.29, 0.717) is 39.8 Å². The maximum absolute atomic E-state index is 13.4. The Balaban J connectivity index is 1.66. The van der Waals surface area contributed by atoms with Gasteiger partial charge in [0, 0.05) is 17.3 Å². The van der Waals surface area contributed by atoms with Crippen molar-refractivity contribution in [2.45, 2.75) is 32.9 Å². The Kier molecular flexibility index (Phi) is 6.25. The molecular formula is C29H27NO7. The number of aliphatic hydroxyl groups is 1. The summed E-state index contributed by atoms with van der Waals surface area (Å²) in [4.78, 5) is 28.2. The number of nitrogens with zero attached hydrogens (tertiary/aromatic N) is 1. The van der Waals surface area contributed by atoms with Gasteiger partial charge in [0.25, 0.3) is 11.7 Å². The predicted octanol–water partition coefficient (Wildman–Crippen LogP) is 5.15. The summed E-state index contributed by atoms with van der Waals surface area (Å²) in [7, 11) is 1.56. The highest BCUT2D eigenvalue weighted by atomic mass is 16.7. The van der Waals surface area contributed by atoms with Crippen molar-refractivity contribution in [1.29, 1.82) is 0 Å². The lowest BCUT2D eigenvalue weighted by atomic mass is 9.94. The number of Topliss-reactive ketones (excluding diaryl/α,β-unsaturated/α-hetero) is 1. The molecule has 1 unspecified atom stereocenters. The molecule has 37 heavy (non-hydrogen) atoms. The number of amides is 1. The standard InChI is InChI=1S/C29H27NO7/c1-16(2)37-21-9-5-18(6-10-21)26-25(27(31)19-7-11-22(34-4)17(3)13-19)28(32)29(33)30(26)20-8-12-23-24(14-20)36-15-35-23/h5-14,16,26,31H,15H2,1-4H3/b27-25+. The molecule has 8 heteroatoms. The number of aryl methyl sites for hydroxylation is 1. The lowest BCUT2D eigenvalue weighted by molar-refractivity contribution is -0.132. The number of carbonyl (C=O) groups is 2. The highest BCUT2D eigenvalue weighted by Gasteiger charge is 2.47. The highest BCUT2D eigenvalue weighted by Crippen LogP contribution is 2.45. The molecule has 0 radical (unpaired) electrons. The van der Waals surface area contributed by atoms with Crippen LogP contribution in [0.1, 0.15) is 36.6 Å². The summed E-state index contributed by atoms with van der Waals surface area (Å²) in [5.41, 5.74) is 2.27. The quantitative estimate of drug-likeness (QED) is 0.284. The first-order valence-corrected chi connectivity index (χ1v) is 11.9. The van der Waals surface area contributed by atoms with E-state index in [2.05, 4.69) is 0 Å². The van der Waals surface area contributed by atoms with E-state index in [-0.39, 0.29) is 24.2 Å². The topological polar surface area (TPSA) is 94.5 Å². The molecule has 2 aliphatic heterocycles. The summed E-state index contributed by atoms with van der Waals surface area (Å²) in [6.07, 6.45) is -0.0107. The Hall–Kier alpha value is -4.46. The van der Waals surface area contributed by atoms with E-state index >= 15 is 0 Å². The van der Waals surface area contributed by atoms with E-state index in [1.807, 2.05) is 20.8 Å². The number of aliphatic hydroxyl groups excluding tert-OH is 1. The minimum atomic E-state index is -0.879. The van der Waals surface area contributed by atoms with Crippen molar-refractivity contribution < 1.29 is 33.6 Å². The first-order chi connectivity index (χ1) is 17.8. The van der Waals surface area contributed by atoms with E-state index in [4.69, 9.17) is 18.9 Å². The van der Waals surface area contributed by atoms with E-state index in [1.54, 1.807) is 67.8 Å². The van der Waals surface area contributed by atoms with Gasteiger partial charge in [0.1, 0.15) is 17.3 Å². The molecule has 1 N–H and O–H groups in total. The molecule has 3 aromatic rings. The van der Waals surface area contributed by atoms with Gasteiger partial charge in [-0.3, -0.25) is 14.5 Å². The second-order valence-electron chi connectivity index (χ2n) is 9.13. The number of methoxy groups -OCH3 is 1. The number of ether oxygens (including phenoxy) is 4. The minimum absolute atomic E-state index is 0.00948. The number of anilines is 1. The first-order valence-electron chi connectivity index (χ1n) is 11.9. The molecule has 1 fully saturated rings.